The molecule has 0 rings (SSSR count). The van der Waals surface area contributed by atoms with Crippen LogP contribution in [0.15, 0.2) is 85.1 Å². The van der Waals surface area contributed by atoms with Crippen LogP contribution in [0, 0.1) is 0 Å². The van der Waals surface area contributed by atoms with Crippen LogP contribution < -0.4 is 0 Å². The molecule has 0 fully saturated rings. The van der Waals surface area contributed by atoms with Crippen LogP contribution in [0.1, 0.15) is 149 Å². The molecule has 2 atom stereocenters. The van der Waals surface area contributed by atoms with Gasteiger partial charge in [-0.05, 0) is 77.0 Å². The molecule has 1 N–H and O–H groups in total. The highest BCUT2D eigenvalue weighted by atomic mass is 16.6. The number of esters is 2. The third-order valence-electron chi connectivity index (χ3n) is 9.04. The van der Waals surface area contributed by atoms with Crippen molar-refractivity contribution in [2.24, 2.45) is 0 Å². The normalized spacial score (nSPS) is 13.8. The fourth-order valence-corrected chi connectivity index (χ4v) is 5.70. The maximum absolute atomic E-state index is 12.7. The molecule has 0 aliphatic heterocycles. The smallest absolute Gasteiger partial charge is 0.362 e. The zero-order valence-corrected chi connectivity index (χ0v) is 36.1. The second kappa shape index (κ2) is 38.4. The first-order valence-electron chi connectivity index (χ1n) is 21.6. The molecule has 0 radical (unpaired) electrons. The summed E-state index contributed by atoms with van der Waals surface area (Å²) >= 11 is 0. The summed E-state index contributed by atoms with van der Waals surface area (Å²) < 4.78 is 17.2. The van der Waals surface area contributed by atoms with Gasteiger partial charge in [0.05, 0.1) is 34.4 Å². The van der Waals surface area contributed by atoms with Crippen molar-refractivity contribution in [3.8, 4) is 0 Å². The van der Waals surface area contributed by atoms with E-state index in [9.17, 15) is 19.5 Å². The number of carbonyl (C=O) groups excluding carboxylic acids is 2. The summed E-state index contributed by atoms with van der Waals surface area (Å²) in [6.07, 6.45) is 49.3. The van der Waals surface area contributed by atoms with Crippen molar-refractivity contribution in [2.45, 2.75) is 161 Å². The summed E-state index contributed by atoms with van der Waals surface area (Å²) in [7, 11) is 5.49. The van der Waals surface area contributed by atoms with Gasteiger partial charge in [-0.3, -0.25) is 9.59 Å². The maximum Gasteiger partial charge on any atom is 0.362 e. The standard InChI is InChI=1S/C48H79NO7/c1-6-8-10-12-14-16-18-20-21-22-23-24-25-27-29-31-33-35-37-39-47(51)56-44(42-54-41-40-45(48(52)53)49(3,4)5)43-55-46(50)38-36-34-32-30-28-26-19-17-15-13-11-9-7-2/h8,10,14,16-17,19-21,23-24,27,29,33,35,44-45H,6-7,9,11-13,15,18,22,25-26,28,30-32,34,36-43H2,1-5H3/p+1/b10-8-,16-14-,19-17-,21-20-,24-23-,29-27-,35-33-. The Kier molecular flexibility index (Phi) is 36.0. The summed E-state index contributed by atoms with van der Waals surface area (Å²) in [6, 6.07) is -0.632. The number of hydrogen-bond acceptors (Lipinski definition) is 6. The Morgan fingerprint density at radius 1 is 0.554 bits per heavy atom. The highest BCUT2D eigenvalue weighted by molar-refractivity contribution is 5.72. The molecule has 56 heavy (non-hydrogen) atoms. The summed E-state index contributed by atoms with van der Waals surface area (Å²) in [5.41, 5.74) is 0. The maximum atomic E-state index is 12.7. The van der Waals surface area contributed by atoms with Crippen molar-refractivity contribution in [3.63, 3.8) is 0 Å². The number of carboxylic acid groups (broad SMARTS) is 1. The van der Waals surface area contributed by atoms with E-state index in [1.165, 1.54) is 38.5 Å². The molecular weight excluding hydrogens is 703 g/mol. The predicted octanol–water partition coefficient (Wildman–Crippen LogP) is 11.7. The number of quaternary nitrogens is 1. The number of aliphatic carboxylic acids is 1. The van der Waals surface area contributed by atoms with E-state index in [-0.39, 0.29) is 36.7 Å². The van der Waals surface area contributed by atoms with Gasteiger partial charge < -0.3 is 23.8 Å². The first-order valence-corrected chi connectivity index (χ1v) is 21.6. The zero-order chi connectivity index (χ0) is 41.4. The highest BCUT2D eigenvalue weighted by Gasteiger charge is 2.31. The number of nitrogens with zero attached hydrogens (tertiary/aromatic N) is 1. The average molecular weight is 783 g/mol. The van der Waals surface area contributed by atoms with Crippen LogP contribution in [0.3, 0.4) is 0 Å². The van der Waals surface area contributed by atoms with Gasteiger partial charge >= 0.3 is 17.9 Å². The van der Waals surface area contributed by atoms with E-state index >= 15 is 0 Å². The lowest BCUT2D eigenvalue weighted by atomic mass is 10.1. The van der Waals surface area contributed by atoms with Gasteiger partial charge in [0.25, 0.3) is 0 Å². The SMILES string of the molecule is CC/C=C\C/C=C\C/C=C\C/C=C\C/C=C\C/C=C\CCC(=O)OC(COCCC(C(=O)O)[N+](C)(C)C)COC(=O)CCCCCCC/C=C\CCCCCC. The average Bonchev–Trinajstić information content (AvgIpc) is 3.15. The van der Waals surface area contributed by atoms with E-state index in [1.54, 1.807) is 0 Å². The van der Waals surface area contributed by atoms with Gasteiger partial charge in [0.1, 0.15) is 6.61 Å². The quantitative estimate of drug-likeness (QED) is 0.0290. The topological polar surface area (TPSA) is 99.1 Å². The van der Waals surface area contributed by atoms with Crippen molar-refractivity contribution in [2.75, 3.05) is 41.0 Å². The number of carbonyl (C=O) groups is 3. The minimum Gasteiger partial charge on any atom is -0.477 e. The van der Waals surface area contributed by atoms with Crippen molar-refractivity contribution >= 4 is 17.9 Å². The van der Waals surface area contributed by atoms with Gasteiger partial charge in [-0.25, -0.2) is 4.79 Å². The number of rotatable bonds is 37. The van der Waals surface area contributed by atoms with Gasteiger partial charge in [0.2, 0.25) is 0 Å². The third kappa shape index (κ3) is 36.2. The number of unbranched alkanes of at least 4 members (excludes halogenated alkanes) is 9. The lowest BCUT2D eigenvalue weighted by Gasteiger charge is -2.31. The Morgan fingerprint density at radius 3 is 1.55 bits per heavy atom. The first kappa shape index (κ1) is 52.5. The van der Waals surface area contributed by atoms with Gasteiger partial charge in [-0.15, -0.1) is 0 Å². The second-order valence-electron chi connectivity index (χ2n) is 15.2. The Bertz CT molecular complexity index is 1190. The van der Waals surface area contributed by atoms with Gasteiger partial charge in [0, 0.05) is 19.3 Å². The van der Waals surface area contributed by atoms with Crippen LogP contribution in [0.4, 0.5) is 0 Å². The van der Waals surface area contributed by atoms with Gasteiger partial charge in [-0.2, -0.15) is 0 Å². The molecule has 8 heteroatoms. The van der Waals surface area contributed by atoms with E-state index in [0.717, 1.165) is 70.6 Å². The van der Waals surface area contributed by atoms with Gasteiger partial charge in [-0.1, -0.05) is 137 Å². The lowest BCUT2D eigenvalue weighted by Crippen LogP contribution is -2.50. The van der Waals surface area contributed by atoms with Crippen LogP contribution >= 0.6 is 0 Å². The Labute approximate surface area is 342 Å². The minimum absolute atomic E-state index is 0.0234. The highest BCUT2D eigenvalue weighted by Crippen LogP contribution is 2.12. The molecule has 2 unspecified atom stereocenters. The van der Waals surface area contributed by atoms with E-state index in [1.807, 2.05) is 33.3 Å². The Hall–Kier alpha value is -3.49. The second-order valence-corrected chi connectivity index (χ2v) is 15.2. The van der Waals surface area contributed by atoms with Crippen LogP contribution in [-0.4, -0.2) is 80.6 Å². The van der Waals surface area contributed by atoms with Crippen molar-refractivity contribution in [1.29, 1.82) is 0 Å². The van der Waals surface area contributed by atoms with Crippen LogP contribution in [0.25, 0.3) is 0 Å². The summed E-state index contributed by atoms with van der Waals surface area (Å²) in [5, 5.41) is 9.61. The Balaban J connectivity index is 4.52. The molecule has 0 aromatic heterocycles. The minimum atomic E-state index is -0.891. The van der Waals surface area contributed by atoms with E-state index < -0.39 is 24.1 Å². The molecule has 0 aliphatic rings. The Morgan fingerprint density at radius 2 is 1.04 bits per heavy atom. The molecule has 0 bridgehead atoms. The fraction of sp³-hybridized carbons (Fsp3) is 0.646. The largest absolute Gasteiger partial charge is 0.477 e. The van der Waals surface area contributed by atoms with Crippen molar-refractivity contribution in [1.82, 2.24) is 0 Å². The molecule has 0 spiro atoms. The number of allylic oxidation sites excluding steroid dienone is 14. The molecule has 0 amide bonds. The molecule has 0 aliphatic carbocycles. The van der Waals surface area contributed by atoms with Gasteiger partial charge in [0.15, 0.2) is 12.1 Å². The van der Waals surface area contributed by atoms with E-state index in [2.05, 4.69) is 86.8 Å². The number of carboxylic acids is 1. The zero-order valence-electron chi connectivity index (χ0n) is 36.1. The monoisotopic (exact) mass is 783 g/mol. The van der Waals surface area contributed by atoms with Crippen LogP contribution in [0.5, 0.6) is 0 Å². The van der Waals surface area contributed by atoms with Crippen molar-refractivity contribution in [3.05, 3.63) is 85.1 Å². The van der Waals surface area contributed by atoms with Crippen molar-refractivity contribution < 1.29 is 38.2 Å². The summed E-state index contributed by atoms with van der Waals surface area (Å²) in [4.78, 5) is 36.9. The molecule has 0 aromatic carbocycles. The third-order valence-corrected chi connectivity index (χ3v) is 9.04. The van der Waals surface area contributed by atoms with E-state index in [4.69, 9.17) is 14.2 Å². The molecule has 0 heterocycles. The summed E-state index contributed by atoms with van der Waals surface area (Å²) in [5.74, 6) is -1.60. The summed E-state index contributed by atoms with van der Waals surface area (Å²) in [6.45, 7) is 4.49. The van der Waals surface area contributed by atoms with E-state index in [0.29, 0.717) is 19.3 Å². The van der Waals surface area contributed by atoms with Crippen LogP contribution in [-0.2, 0) is 28.6 Å². The molecule has 0 saturated heterocycles. The fourth-order valence-electron chi connectivity index (χ4n) is 5.70. The number of hydrogen-bond donors (Lipinski definition) is 1. The number of likely N-dealkylation sites (N-methyl/N-ethyl adjacent to an activating group) is 1. The molecule has 0 aromatic rings. The lowest BCUT2D eigenvalue weighted by molar-refractivity contribution is -0.887. The first-order chi connectivity index (χ1) is 27.1. The number of ether oxygens (including phenoxy) is 3. The molecule has 318 valence electrons. The molecular formula is C48H80NO7+. The molecule has 0 saturated carbocycles. The molecule has 8 nitrogen and oxygen atoms in total. The predicted molar refractivity (Wildman–Crippen MR) is 233 cm³/mol. The van der Waals surface area contributed by atoms with Crippen LogP contribution in [0.2, 0.25) is 0 Å².